The van der Waals surface area contributed by atoms with Gasteiger partial charge in [0, 0.05) is 17.3 Å². The Hall–Kier alpha value is -1.43. The van der Waals surface area contributed by atoms with E-state index in [2.05, 4.69) is 4.98 Å². The summed E-state index contributed by atoms with van der Waals surface area (Å²) in [5, 5.41) is 8.54. The number of pyridine rings is 1. The van der Waals surface area contributed by atoms with Gasteiger partial charge in [-0.05, 0) is 5.56 Å². The lowest BCUT2D eigenvalue weighted by atomic mass is 10.0. The quantitative estimate of drug-likeness (QED) is 0.800. The number of aromatic amines is 1. The van der Waals surface area contributed by atoms with Crippen LogP contribution in [0.4, 0.5) is 8.78 Å². The van der Waals surface area contributed by atoms with Crippen LogP contribution in [0.2, 0.25) is 0 Å². The van der Waals surface area contributed by atoms with E-state index < -0.39 is 29.9 Å². The van der Waals surface area contributed by atoms with Crippen LogP contribution in [0.3, 0.4) is 0 Å². The summed E-state index contributed by atoms with van der Waals surface area (Å²) >= 11 is 5.39. The Morgan fingerprint density at radius 2 is 2.19 bits per heavy atom. The van der Waals surface area contributed by atoms with E-state index in [0.717, 1.165) is 6.20 Å². The number of carboxylic acids is 1. The second-order valence-electron chi connectivity index (χ2n) is 3.04. The van der Waals surface area contributed by atoms with Gasteiger partial charge in [-0.1, -0.05) is 0 Å². The van der Waals surface area contributed by atoms with Gasteiger partial charge >= 0.3 is 5.97 Å². The molecule has 0 aliphatic carbocycles. The topological polar surface area (TPSA) is 70.2 Å². The fraction of sp³-hybridized carbons (Fsp3) is 0.333. The van der Waals surface area contributed by atoms with Crippen molar-refractivity contribution < 1.29 is 18.7 Å². The first kappa shape index (κ1) is 12.6. The van der Waals surface area contributed by atoms with Crippen molar-refractivity contribution in [2.45, 2.75) is 18.7 Å². The molecule has 0 amide bonds. The number of nitrogens with one attached hydrogen (secondary N) is 1. The maximum Gasteiger partial charge on any atom is 0.307 e. The van der Waals surface area contributed by atoms with Crippen molar-refractivity contribution in [1.82, 2.24) is 4.98 Å². The van der Waals surface area contributed by atoms with Gasteiger partial charge in [-0.2, -0.15) is 0 Å². The van der Waals surface area contributed by atoms with Crippen molar-refractivity contribution >= 4 is 17.6 Å². The number of aliphatic carboxylic acids is 1. The van der Waals surface area contributed by atoms with Gasteiger partial charge in [0.2, 0.25) is 0 Å². The molecule has 0 atom stereocenters. The summed E-state index contributed by atoms with van der Waals surface area (Å²) in [6.45, 7) is 0. The molecule has 2 N–H and O–H groups in total. The third-order valence-electron chi connectivity index (χ3n) is 2.02. The number of hydrogen-bond donors (Lipinski definition) is 2. The van der Waals surface area contributed by atoms with Gasteiger partial charge in [0.25, 0.3) is 12.0 Å². The van der Waals surface area contributed by atoms with Crippen molar-refractivity contribution in [2.24, 2.45) is 0 Å². The van der Waals surface area contributed by atoms with Crippen LogP contribution in [0, 0.1) is 0 Å². The maximum absolute atomic E-state index is 12.7. The van der Waals surface area contributed by atoms with Crippen molar-refractivity contribution in [3.05, 3.63) is 33.2 Å². The number of aromatic nitrogens is 1. The average Bonchev–Trinajstić information content (AvgIpc) is 2.18. The summed E-state index contributed by atoms with van der Waals surface area (Å²) in [6.07, 6.45) is -2.53. The molecule has 0 radical (unpaired) electrons. The fourth-order valence-electron chi connectivity index (χ4n) is 1.35. The molecule has 0 aliphatic heterocycles. The van der Waals surface area contributed by atoms with Crippen LogP contribution < -0.4 is 5.56 Å². The highest BCUT2D eigenvalue weighted by Gasteiger charge is 2.21. The Morgan fingerprint density at radius 1 is 1.56 bits per heavy atom. The molecular weight excluding hydrogens is 244 g/mol. The Morgan fingerprint density at radius 3 is 2.62 bits per heavy atom. The molecule has 0 spiro atoms. The Balaban J connectivity index is 3.38. The van der Waals surface area contributed by atoms with Crippen molar-refractivity contribution in [3.63, 3.8) is 0 Å². The van der Waals surface area contributed by atoms with Crippen molar-refractivity contribution in [3.8, 4) is 0 Å². The molecule has 88 valence electrons. The molecule has 1 rings (SSSR count). The first-order chi connectivity index (χ1) is 7.47. The first-order valence-electron chi connectivity index (χ1n) is 4.26. The average molecular weight is 252 g/mol. The van der Waals surface area contributed by atoms with Crippen LogP contribution in [0.1, 0.15) is 23.1 Å². The second-order valence-corrected chi connectivity index (χ2v) is 3.31. The molecule has 7 heteroatoms. The highest BCUT2D eigenvalue weighted by molar-refractivity contribution is 6.17. The van der Waals surface area contributed by atoms with E-state index in [4.69, 9.17) is 16.7 Å². The molecule has 4 nitrogen and oxygen atoms in total. The van der Waals surface area contributed by atoms with E-state index >= 15 is 0 Å². The van der Waals surface area contributed by atoms with Crippen LogP contribution in [-0.2, 0) is 17.1 Å². The monoisotopic (exact) mass is 251 g/mol. The number of carbonyl (C=O) groups is 1. The minimum Gasteiger partial charge on any atom is -0.481 e. The number of halogens is 3. The van der Waals surface area contributed by atoms with E-state index in [0.29, 0.717) is 0 Å². The van der Waals surface area contributed by atoms with Crippen LogP contribution in [0.25, 0.3) is 0 Å². The first-order valence-corrected chi connectivity index (χ1v) is 4.80. The minimum atomic E-state index is -2.93. The van der Waals surface area contributed by atoms with E-state index in [-0.39, 0.29) is 17.0 Å². The zero-order valence-electron chi connectivity index (χ0n) is 7.97. The maximum atomic E-state index is 12.7. The summed E-state index contributed by atoms with van der Waals surface area (Å²) in [5.74, 6) is -1.64. The summed E-state index contributed by atoms with van der Waals surface area (Å²) in [7, 11) is 0. The number of rotatable bonds is 4. The summed E-state index contributed by atoms with van der Waals surface area (Å²) in [5.41, 5.74) is -1.71. The number of hydrogen-bond acceptors (Lipinski definition) is 2. The van der Waals surface area contributed by atoms with Gasteiger partial charge in [-0.15, -0.1) is 11.6 Å². The van der Waals surface area contributed by atoms with Gasteiger partial charge < -0.3 is 10.1 Å². The molecule has 0 bridgehead atoms. The van der Waals surface area contributed by atoms with E-state index in [1.165, 1.54) is 0 Å². The van der Waals surface area contributed by atoms with Gasteiger partial charge in [0.15, 0.2) is 0 Å². The van der Waals surface area contributed by atoms with E-state index in [1.807, 2.05) is 0 Å². The highest BCUT2D eigenvalue weighted by atomic mass is 35.5. The Bertz CT molecular complexity index is 459. The van der Waals surface area contributed by atoms with Crippen molar-refractivity contribution in [1.29, 1.82) is 0 Å². The van der Waals surface area contributed by atoms with Crippen LogP contribution in [0.5, 0.6) is 0 Å². The number of carboxylic acid groups (broad SMARTS) is 1. The summed E-state index contributed by atoms with van der Waals surface area (Å²) in [6, 6.07) is 0. The molecule has 0 unspecified atom stereocenters. The zero-order chi connectivity index (χ0) is 12.3. The Labute approximate surface area is 93.9 Å². The molecule has 0 aromatic carbocycles. The lowest BCUT2D eigenvalue weighted by Crippen LogP contribution is -2.18. The number of H-pyrrole nitrogens is 1. The molecule has 16 heavy (non-hydrogen) atoms. The zero-order valence-corrected chi connectivity index (χ0v) is 8.72. The molecule has 1 aromatic rings. The lowest BCUT2D eigenvalue weighted by molar-refractivity contribution is -0.136. The third-order valence-corrected chi connectivity index (χ3v) is 2.28. The summed E-state index contributed by atoms with van der Waals surface area (Å²) < 4.78 is 25.4. The van der Waals surface area contributed by atoms with Crippen LogP contribution >= 0.6 is 11.6 Å². The fourth-order valence-corrected chi connectivity index (χ4v) is 1.61. The smallest absolute Gasteiger partial charge is 0.307 e. The van der Waals surface area contributed by atoms with Gasteiger partial charge in [-0.3, -0.25) is 9.59 Å². The highest BCUT2D eigenvalue weighted by Crippen LogP contribution is 2.25. The van der Waals surface area contributed by atoms with Gasteiger partial charge in [0.1, 0.15) is 0 Å². The molecular formula is C9H8ClF2NO3. The molecule has 0 saturated heterocycles. The predicted molar refractivity (Wildman–Crippen MR) is 52.9 cm³/mol. The Kier molecular flexibility index (Phi) is 4.00. The SMILES string of the molecule is O=C(O)Cc1c[nH]c(=O)c(CCl)c1C(F)F. The minimum absolute atomic E-state index is 0.127. The summed E-state index contributed by atoms with van der Waals surface area (Å²) in [4.78, 5) is 23.8. The molecule has 0 saturated carbocycles. The lowest BCUT2D eigenvalue weighted by Gasteiger charge is -2.10. The number of alkyl halides is 3. The molecule has 1 heterocycles. The van der Waals surface area contributed by atoms with Crippen LogP contribution in [-0.4, -0.2) is 16.1 Å². The van der Waals surface area contributed by atoms with Crippen LogP contribution in [0.15, 0.2) is 11.0 Å². The second kappa shape index (κ2) is 5.07. The van der Waals surface area contributed by atoms with Gasteiger partial charge in [-0.25, -0.2) is 8.78 Å². The molecule has 1 aromatic heterocycles. The largest absolute Gasteiger partial charge is 0.481 e. The normalized spacial score (nSPS) is 10.8. The standard InChI is InChI=1S/C9H8ClF2NO3/c10-2-5-7(8(11)12)4(1-6(14)15)3-13-9(5)16/h3,8H,1-2H2,(H,13,16)(H,14,15). The molecule has 0 fully saturated rings. The van der Waals surface area contributed by atoms with Gasteiger partial charge in [0.05, 0.1) is 12.3 Å². The molecule has 0 aliphatic rings. The third kappa shape index (κ3) is 2.57. The van der Waals surface area contributed by atoms with E-state index in [9.17, 15) is 18.4 Å². The van der Waals surface area contributed by atoms with E-state index in [1.54, 1.807) is 0 Å². The predicted octanol–water partition coefficient (Wildman–Crippen LogP) is 1.68. The van der Waals surface area contributed by atoms with Crippen molar-refractivity contribution in [2.75, 3.05) is 0 Å².